The van der Waals surface area contributed by atoms with Gasteiger partial charge in [0.25, 0.3) is 5.91 Å². The molecule has 4 aromatic rings. The SMILES string of the molecule is Cc1cccc2nc(NC(=O)c3cc(N)c(N(C)Cc4ncccn4)s3)n(C3CCC(O)CC3)c12. The molecule has 0 saturated heterocycles. The van der Waals surface area contributed by atoms with Crippen LogP contribution >= 0.6 is 11.3 Å². The first-order valence-corrected chi connectivity index (χ1v) is 12.6. The van der Waals surface area contributed by atoms with Crippen LogP contribution in [0, 0.1) is 6.92 Å². The smallest absolute Gasteiger partial charge is 0.268 e. The molecule has 0 aliphatic heterocycles. The van der Waals surface area contributed by atoms with Crippen molar-refractivity contribution < 1.29 is 9.90 Å². The summed E-state index contributed by atoms with van der Waals surface area (Å²) in [5.74, 6) is 0.957. The lowest BCUT2D eigenvalue weighted by Gasteiger charge is -2.28. The van der Waals surface area contributed by atoms with Crippen LogP contribution in [0.25, 0.3) is 11.0 Å². The Morgan fingerprint density at radius 2 is 1.97 bits per heavy atom. The zero-order valence-corrected chi connectivity index (χ0v) is 20.6. The fraction of sp³-hybridized carbons (Fsp3) is 0.360. The molecule has 0 bridgehead atoms. The van der Waals surface area contributed by atoms with Gasteiger partial charge >= 0.3 is 0 Å². The summed E-state index contributed by atoms with van der Waals surface area (Å²) in [6.45, 7) is 2.54. The Hall–Kier alpha value is -3.50. The monoisotopic (exact) mass is 491 g/mol. The molecule has 1 aliphatic carbocycles. The first-order chi connectivity index (χ1) is 16.9. The highest BCUT2D eigenvalue weighted by molar-refractivity contribution is 7.18. The van der Waals surface area contributed by atoms with Crippen LogP contribution in [0.15, 0.2) is 42.7 Å². The molecule has 3 heterocycles. The first kappa shape index (κ1) is 23.3. The molecule has 1 saturated carbocycles. The second-order valence-electron chi connectivity index (χ2n) is 9.06. The Kier molecular flexibility index (Phi) is 6.40. The van der Waals surface area contributed by atoms with Crippen LogP contribution in [0.1, 0.15) is 52.8 Å². The number of hydrogen-bond donors (Lipinski definition) is 3. The minimum atomic E-state index is -0.258. The normalized spacial score (nSPS) is 18.0. The second kappa shape index (κ2) is 9.63. The molecular weight excluding hydrogens is 462 g/mol. The fourth-order valence-electron chi connectivity index (χ4n) is 4.75. The molecule has 3 aromatic heterocycles. The van der Waals surface area contributed by atoms with E-state index in [1.807, 2.05) is 24.1 Å². The summed E-state index contributed by atoms with van der Waals surface area (Å²) in [6, 6.07) is 9.64. The van der Waals surface area contributed by atoms with Gasteiger partial charge in [-0.1, -0.05) is 12.1 Å². The van der Waals surface area contributed by atoms with E-state index in [1.54, 1.807) is 24.5 Å². The van der Waals surface area contributed by atoms with E-state index in [9.17, 15) is 9.90 Å². The third kappa shape index (κ3) is 4.71. The number of nitrogens with zero attached hydrogens (tertiary/aromatic N) is 5. The van der Waals surface area contributed by atoms with Crippen molar-refractivity contribution in [1.82, 2.24) is 19.5 Å². The molecule has 35 heavy (non-hydrogen) atoms. The van der Waals surface area contributed by atoms with Crippen molar-refractivity contribution in [2.45, 2.75) is 51.3 Å². The van der Waals surface area contributed by atoms with E-state index in [4.69, 9.17) is 10.7 Å². The number of nitrogen functional groups attached to an aromatic ring is 1. The maximum absolute atomic E-state index is 13.3. The molecular formula is C25H29N7O2S. The largest absolute Gasteiger partial charge is 0.396 e. The quantitative estimate of drug-likeness (QED) is 0.370. The lowest BCUT2D eigenvalue weighted by molar-refractivity contribution is 0.102. The van der Waals surface area contributed by atoms with Crippen LogP contribution < -0.4 is 16.0 Å². The molecule has 4 N–H and O–H groups in total. The number of aryl methyl sites for hydroxylation is 1. The summed E-state index contributed by atoms with van der Waals surface area (Å²) >= 11 is 1.33. The van der Waals surface area contributed by atoms with Gasteiger partial charge in [0.1, 0.15) is 10.8 Å². The van der Waals surface area contributed by atoms with Gasteiger partial charge in [-0.3, -0.25) is 10.1 Å². The minimum absolute atomic E-state index is 0.167. The molecule has 0 atom stereocenters. The maximum atomic E-state index is 13.3. The van der Waals surface area contributed by atoms with Gasteiger partial charge in [-0.05, 0) is 56.4 Å². The number of para-hydroxylation sites is 1. The number of nitrogens with one attached hydrogen (secondary N) is 1. The lowest BCUT2D eigenvalue weighted by Crippen LogP contribution is -2.23. The van der Waals surface area contributed by atoms with Crippen molar-refractivity contribution in [3.8, 4) is 0 Å². The van der Waals surface area contributed by atoms with Crippen molar-refractivity contribution >= 4 is 44.9 Å². The van der Waals surface area contributed by atoms with Crippen LogP contribution in [-0.4, -0.2) is 43.7 Å². The van der Waals surface area contributed by atoms with Crippen LogP contribution in [0.4, 0.5) is 16.6 Å². The number of benzene rings is 1. The highest BCUT2D eigenvalue weighted by atomic mass is 32.1. The van der Waals surface area contributed by atoms with Gasteiger partial charge in [0, 0.05) is 25.5 Å². The van der Waals surface area contributed by atoms with Crippen molar-refractivity contribution in [2.24, 2.45) is 0 Å². The van der Waals surface area contributed by atoms with Gasteiger partial charge in [0.2, 0.25) is 5.95 Å². The number of rotatable bonds is 6. The van der Waals surface area contributed by atoms with E-state index >= 15 is 0 Å². The zero-order chi connectivity index (χ0) is 24.5. The van der Waals surface area contributed by atoms with Gasteiger partial charge in [-0.15, -0.1) is 11.3 Å². The summed E-state index contributed by atoms with van der Waals surface area (Å²) in [4.78, 5) is 29.1. The molecule has 1 amide bonds. The summed E-state index contributed by atoms with van der Waals surface area (Å²) in [5.41, 5.74) is 9.78. The molecule has 5 rings (SSSR count). The molecule has 0 unspecified atom stereocenters. The molecule has 1 fully saturated rings. The molecule has 1 aromatic carbocycles. The van der Waals surface area contributed by atoms with Crippen molar-refractivity contribution in [1.29, 1.82) is 0 Å². The Morgan fingerprint density at radius 1 is 1.23 bits per heavy atom. The standard InChI is InChI=1S/C25H29N7O2S/c1-15-5-3-6-19-22(15)32(16-7-9-17(33)10-8-16)25(29-19)30-23(34)20-13-18(26)24(35-20)31(2)14-21-27-11-4-12-28-21/h3-6,11-13,16-17,33H,7-10,14,26H2,1-2H3,(H,29,30,34). The Labute approximate surface area is 207 Å². The summed E-state index contributed by atoms with van der Waals surface area (Å²) in [5, 5.41) is 13.8. The summed E-state index contributed by atoms with van der Waals surface area (Å²) in [6.07, 6.45) is 6.31. The predicted octanol–water partition coefficient (Wildman–Crippen LogP) is 4.14. The average molecular weight is 492 g/mol. The summed E-state index contributed by atoms with van der Waals surface area (Å²) < 4.78 is 2.14. The molecule has 10 heteroatoms. The van der Waals surface area contributed by atoms with Crippen molar-refractivity contribution in [3.63, 3.8) is 0 Å². The third-order valence-electron chi connectivity index (χ3n) is 6.48. The van der Waals surface area contributed by atoms with Crippen molar-refractivity contribution in [2.75, 3.05) is 23.0 Å². The Bertz CT molecular complexity index is 1340. The second-order valence-corrected chi connectivity index (χ2v) is 10.1. The number of imidazole rings is 1. The number of aliphatic hydroxyl groups excluding tert-OH is 1. The number of hydrogen-bond acceptors (Lipinski definition) is 8. The Balaban J connectivity index is 1.42. The van der Waals surface area contributed by atoms with Crippen molar-refractivity contribution in [3.05, 3.63) is 59.0 Å². The minimum Gasteiger partial charge on any atom is -0.396 e. The predicted molar refractivity (Wildman–Crippen MR) is 139 cm³/mol. The number of aliphatic hydroxyl groups is 1. The van der Waals surface area contributed by atoms with Gasteiger partial charge in [0.15, 0.2) is 0 Å². The highest BCUT2D eigenvalue weighted by Crippen LogP contribution is 2.37. The van der Waals surface area contributed by atoms with Crippen LogP contribution in [0.5, 0.6) is 0 Å². The Morgan fingerprint density at radius 3 is 2.71 bits per heavy atom. The number of carbonyl (C=O) groups is 1. The van der Waals surface area contributed by atoms with Gasteiger partial charge in [-0.2, -0.15) is 0 Å². The molecule has 0 spiro atoms. The van der Waals surface area contributed by atoms with Crippen LogP contribution in [0.3, 0.4) is 0 Å². The number of amides is 1. The summed E-state index contributed by atoms with van der Waals surface area (Å²) in [7, 11) is 1.90. The van der Waals surface area contributed by atoms with Gasteiger partial charge in [0.05, 0.1) is 34.2 Å². The highest BCUT2D eigenvalue weighted by Gasteiger charge is 2.27. The number of anilines is 3. The fourth-order valence-corrected chi connectivity index (χ4v) is 5.68. The number of thiophene rings is 1. The van der Waals surface area contributed by atoms with Crippen LogP contribution in [-0.2, 0) is 6.54 Å². The molecule has 9 nitrogen and oxygen atoms in total. The molecule has 1 aliphatic rings. The first-order valence-electron chi connectivity index (χ1n) is 11.7. The number of carbonyl (C=O) groups excluding carboxylic acids is 1. The van der Waals surface area contributed by atoms with Gasteiger partial charge in [-0.25, -0.2) is 15.0 Å². The van der Waals surface area contributed by atoms with Gasteiger partial charge < -0.3 is 20.3 Å². The number of nitrogens with two attached hydrogens (primary N) is 1. The van der Waals surface area contributed by atoms with E-state index in [0.29, 0.717) is 28.9 Å². The van der Waals surface area contributed by atoms with E-state index in [1.165, 1.54) is 11.3 Å². The average Bonchev–Trinajstić information content (AvgIpc) is 3.41. The van der Waals surface area contributed by atoms with E-state index in [-0.39, 0.29) is 18.1 Å². The van der Waals surface area contributed by atoms with Crippen LogP contribution in [0.2, 0.25) is 0 Å². The third-order valence-corrected chi connectivity index (χ3v) is 7.74. The van der Waals surface area contributed by atoms with E-state index in [2.05, 4.69) is 32.8 Å². The molecule has 182 valence electrons. The topological polar surface area (TPSA) is 122 Å². The zero-order valence-electron chi connectivity index (χ0n) is 19.8. The van der Waals surface area contributed by atoms with E-state index in [0.717, 1.165) is 47.3 Å². The number of fused-ring (bicyclic) bond motifs is 1. The number of aromatic nitrogens is 4. The van der Waals surface area contributed by atoms with E-state index < -0.39 is 0 Å². The molecule has 0 radical (unpaired) electrons. The lowest BCUT2D eigenvalue weighted by atomic mass is 9.92. The maximum Gasteiger partial charge on any atom is 0.268 e.